The highest BCUT2D eigenvalue weighted by molar-refractivity contribution is 5.94. The number of amides is 1. The normalized spacial score (nSPS) is 19.6. The van der Waals surface area contributed by atoms with E-state index in [2.05, 4.69) is 30.9 Å². The second kappa shape index (κ2) is 9.83. The summed E-state index contributed by atoms with van der Waals surface area (Å²) in [6, 6.07) is 16.7. The van der Waals surface area contributed by atoms with Gasteiger partial charge in [-0.3, -0.25) is 9.69 Å². The number of likely N-dealkylation sites (N-methyl/N-ethyl adjacent to an activating group) is 1. The molecule has 3 nitrogen and oxygen atoms in total. The lowest BCUT2D eigenvalue weighted by Gasteiger charge is -2.44. The van der Waals surface area contributed by atoms with Gasteiger partial charge in [-0.1, -0.05) is 57.0 Å². The van der Waals surface area contributed by atoms with Crippen LogP contribution in [-0.4, -0.2) is 40.9 Å². The lowest BCUT2D eigenvalue weighted by Crippen LogP contribution is -2.54. The Morgan fingerprint density at radius 3 is 2.14 bits per heavy atom. The summed E-state index contributed by atoms with van der Waals surface area (Å²) < 4.78 is 13.4. The second-order valence-corrected chi connectivity index (χ2v) is 7.57. The average molecular weight is 383 g/mol. The van der Waals surface area contributed by atoms with Gasteiger partial charge in [-0.2, -0.15) is 0 Å². The van der Waals surface area contributed by atoms with Crippen molar-refractivity contribution in [2.75, 3.05) is 13.1 Å². The van der Waals surface area contributed by atoms with Gasteiger partial charge in [-0.15, -0.1) is 0 Å². The average Bonchev–Trinajstić information content (AvgIpc) is 2.74. The van der Waals surface area contributed by atoms with Crippen LogP contribution in [-0.2, 0) is 6.54 Å². The first kappa shape index (κ1) is 20.5. The molecule has 0 aliphatic heterocycles. The van der Waals surface area contributed by atoms with Crippen LogP contribution in [0.25, 0.3) is 0 Å². The van der Waals surface area contributed by atoms with Crippen LogP contribution < -0.4 is 0 Å². The molecule has 0 bridgehead atoms. The Morgan fingerprint density at radius 2 is 1.54 bits per heavy atom. The Kier molecular flexibility index (Phi) is 7.21. The fourth-order valence-corrected chi connectivity index (χ4v) is 4.45. The number of carbonyl (C=O) groups is 1. The minimum Gasteiger partial charge on any atom is -0.330 e. The van der Waals surface area contributed by atoms with Crippen LogP contribution in [0.15, 0.2) is 54.6 Å². The molecule has 0 heterocycles. The molecule has 2 aromatic carbocycles. The monoisotopic (exact) mass is 382 g/mol. The summed E-state index contributed by atoms with van der Waals surface area (Å²) in [5, 5.41) is 0. The van der Waals surface area contributed by atoms with E-state index in [4.69, 9.17) is 0 Å². The Hall–Kier alpha value is -2.20. The largest absolute Gasteiger partial charge is 0.330 e. The van der Waals surface area contributed by atoms with E-state index in [1.807, 2.05) is 23.1 Å². The molecule has 1 aliphatic rings. The Morgan fingerprint density at radius 1 is 0.929 bits per heavy atom. The molecule has 2 unspecified atom stereocenters. The molecule has 4 heteroatoms. The van der Waals surface area contributed by atoms with Crippen LogP contribution in [0.1, 0.15) is 55.5 Å². The number of benzene rings is 2. The van der Waals surface area contributed by atoms with Gasteiger partial charge < -0.3 is 4.90 Å². The van der Waals surface area contributed by atoms with Crippen LogP contribution in [0.3, 0.4) is 0 Å². The van der Waals surface area contributed by atoms with Gasteiger partial charge in [0.05, 0.1) is 0 Å². The zero-order chi connectivity index (χ0) is 19.9. The maximum Gasteiger partial charge on any atom is 0.254 e. The lowest BCUT2D eigenvalue weighted by atomic mass is 9.87. The first-order chi connectivity index (χ1) is 13.6. The van der Waals surface area contributed by atoms with Gasteiger partial charge in [0.1, 0.15) is 5.82 Å². The molecule has 1 fully saturated rings. The molecule has 0 spiro atoms. The third-order valence-corrected chi connectivity index (χ3v) is 5.92. The molecule has 1 aliphatic carbocycles. The molecule has 0 saturated heterocycles. The van der Waals surface area contributed by atoms with Crippen molar-refractivity contribution in [1.29, 1.82) is 0 Å². The quantitative estimate of drug-likeness (QED) is 0.663. The Labute approximate surface area is 168 Å². The first-order valence-corrected chi connectivity index (χ1v) is 10.5. The van der Waals surface area contributed by atoms with Crippen molar-refractivity contribution in [3.63, 3.8) is 0 Å². The van der Waals surface area contributed by atoms with E-state index in [0.717, 1.165) is 37.9 Å². The van der Waals surface area contributed by atoms with Crippen molar-refractivity contribution in [3.05, 3.63) is 71.5 Å². The first-order valence-electron chi connectivity index (χ1n) is 10.5. The minimum absolute atomic E-state index is 0.00657. The van der Waals surface area contributed by atoms with Gasteiger partial charge in [0.15, 0.2) is 0 Å². The number of carbonyl (C=O) groups excluding carboxylic acids is 1. The minimum atomic E-state index is -0.315. The smallest absolute Gasteiger partial charge is 0.254 e. The van der Waals surface area contributed by atoms with Gasteiger partial charge in [0.2, 0.25) is 0 Å². The summed E-state index contributed by atoms with van der Waals surface area (Å²) in [5.41, 5.74) is 1.68. The van der Waals surface area contributed by atoms with E-state index in [9.17, 15) is 9.18 Å². The van der Waals surface area contributed by atoms with Crippen LogP contribution >= 0.6 is 0 Å². The van der Waals surface area contributed by atoms with Crippen molar-refractivity contribution >= 4 is 5.91 Å². The molecule has 1 saturated carbocycles. The molecule has 0 N–H and O–H groups in total. The lowest BCUT2D eigenvalue weighted by molar-refractivity contribution is 0.0349. The van der Waals surface area contributed by atoms with Gasteiger partial charge in [-0.05, 0) is 55.8 Å². The zero-order valence-corrected chi connectivity index (χ0v) is 17.0. The highest BCUT2D eigenvalue weighted by Crippen LogP contribution is 2.29. The van der Waals surface area contributed by atoms with E-state index in [0.29, 0.717) is 18.2 Å². The van der Waals surface area contributed by atoms with Gasteiger partial charge in [0.25, 0.3) is 5.91 Å². The fourth-order valence-electron chi connectivity index (χ4n) is 4.45. The van der Waals surface area contributed by atoms with E-state index >= 15 is 0 Å². The maximum atomic E-state index is 13.5. The number of hydrogen-bond donors (Lipinski definition) is 0. The van der Waals surface area contributed by atoms with E-state index in [1.54, 1.807) is 12.1 Å². The predicted molar refractivity (Wildman–Crippen MR) is 112 cm³/mol. The summed E-state index contributed by atoms with van der Waals surface area (Å²) in [5.74, 6) is -0.322. The highest BCUT2D eigenvalue weighted by Gasteiger charge is 2.35. The highest BCUT2D eigenvalue weighted by atomic mass is 19.1. The molecule has 28 heavy (non-hydrogen) atoms. The van der Waals surface area contributed by atoms with Crippen molar-refractivity contribution in [3.8, 4) is 0 Å². The third-order valence-electron chi connectivity index (χ3n) is 5.92. The Bertz CT molecular complexity index is 743. The second-order valence-electron chi connectivity index (χ2n) is 7.57. The van der Waals surface area contributed by atoms with Gasteiger partial charge in [0, 0.05) is 24.2 Å². The SMILES string of the molecule is CCN(CC)C1CCCCC1N(Cc1ccccc1)C(=O)c1ccc(F)cc1. The van der Waals surface area contributed by atoms with E-state index in [-0.39, 0.29) is 17.8 Å². The van der Waals surface area contributed by atoms with E-state index < -0.39 is 0 Å². The standard InChI is InChI=1S/C24H31FN2O/c1-3-26(4-2)22-12-8-9-13-23(22)27(18-19-10-6-5-7-11-19)24(28)20-14-16-21(25)17-15-20/h5-7,10-11,14-17,22-23H,3-4,8-9,12-13,18H2,1-2H3. The molecule has 3 rings (SSSR count). The van der Waals surface area contributed by atoms with Crippen molar-refractivity contribution in [2.45, 2.75) is 58.2 Å². The van der Waals surface area contributed by atoms with E-state index in [1.165, 1.54) is 18.6 Å². The summed E-state index contributed by atoms with van der Waals surface area (Å²) in [6.07, 6.45) is 4.49. The molecular weight excluding hydrogens is 351 g/mol. The molecule has 1 amide bonds. The third kappa shape index (κ3) is 4.79. The summed E-state index contributed by atoms with van der Waals surface area (Å²) in [4.78, 5) is 18.0. The molecule has 2 aromatic rings. The van der Waals surface area contributed by atoms with Crippen LogP contribution in [0.2, 0.25) is 0 Å². The topological polar surface area (TPSA) is 23.6 Å². The van der Waals surface area contributed by atoms with Gasteiger partial charge in [-0.25, -0.2) is 4.39 Å². The number of halogens is 1. The van der Waals surface area contributed by atoms with Crippen LogP contribution in [0.5, 0.6) is 0 Å². The molecular formula is C24H31FN2O. The summed E-state index contributed by atoms with van der Waals surface area (Å²) in [6.45, 7) is 6.94. The zero-order valence-electron chi connectivity index (χ0n) is 17.0. The van der Waals surface area contributed by atoms with Gasteiger partial charge >= 0.3 is 0 Å². The summed E-state index contributed by atoms with van der Waals surface area (Å²) in [7, 11) is 0. The summed E-state index contributed by atoms with van der Waals surface area (Å²) >= 11 is 0. The molecule has 150 valence electrons. The predicted octanol–water partition coefficient (Wildman–Crippen LogP) is 5.12. The fraction of sp³-hybridized carbons (Fsp3) is 0.458. The molecule has 2 atom stereocenters. The maximum absolute atomic E-state index is 13.5. The van der Waals surface area contributed by atoms with Crippen molar-refractivity contribution in [2.24, 2.45) is 0 Å². The van der Waals surface area contributed by atoms with Crippen LogP contribution in [0, 0.1) is 5.82 Å². The molecule has 0 radical (unpaired) electrons. The number of nitrogens with zero attached hydrogens (tertiary/aromatic N) is 2. The van der Waals surface area contributed by atoms with Crippen LogP contribution in [0.4, 0.5) is 4.39 Å². The van der Waals surface area contributed by atoms with Crippen molar-refractivity contribution < 1.29 is 9.18 Å². The number of rotatable bonds is 7. The molecule has 0 aromatic heterocycles. The Balaban J connectivity index is 1.94. The number of hydrogen-bond acceptors (Lipinski definition) is 2. The van der Waals surface area contributed by atoms with Crippen molar-refractivity contribution in [1.82, 2.24) is 9.80 Å².